The molecule has 3 heteroatoms. The Kier molecular flexibility index (Phi) is 5.21. The molecule has 2 aromatic carbocycles. The lowest BCUT2D eigenvalue weighted by Gasteiger charge is -2.20. The van der Waals surface area contributed by atoms with Crippen LogP contribution in [0.1, 0.15) is 30.5 Å². The average molecular weight is 333 g/mol. The van der Waals surface area contributed by atoms with E-state index in [0.717, 1.165) is 17.4 Å². The quantitative estimate of drug-likeness (QED) is 0.873. The summed E-state index contributed by atoms with van der Waals surface area (Å²) >= 11 is 3.46. The van der Waals surface area contributed by atoms with E-state index in [2.05, 4.69) is 83.3 Å². The Morgan fingerprint density at radius 1 is 1.05 bits per heavy atom. The first-order valence-electron chi connectivity index (χ1n) is 6.91. The highest BCUT2D eigenvalue weighted by molar-refractivity contribution is 9.10. The summed E-state index contributed by atoms with van der Waals surface area (Å²) in [6.07, 6.45) is 0.966. The van der Waals surface area contributed by atoms with E-state index in [1.54, 1.807) is 0 Å². The van der Waals surface area contributed by atoms with Gasteiger partial charge in [-0.25, -0.2) is 0 Å². The third-order valence-corrected chi connectivity index (χ3v) is 4.06. The van der Waals surface area contributed by atoms with Gasteiger partial charge in [0.15, 0.2) is 0 Å². The van der Waals surface area contributed by atoms with E-state index >= 15 is 0 Å². The number of benzene rings is 2. The maximum absolute atomic E-state index is 6.04. The Morgan fingerprint density at radius 3 is 2.20 bits per heavy atom. The first-order valence-corrected chi connectivity index (χ1v) is 7.70. The number of hydrogen-bond acceptors (Lipinski definition) is 2. The van der Waals surface area contributed by atoms with Gasteiger partial charge in [-0.1, -0.05) is 47.1 Å². The Hall–Kier alpha value is -1.32. The molecule has 2 rings (SSSR count). The maximum Gasteiger partial charge on any atom is 0.0426 e. The van der Waals surface area contributed by atoms with Crippen LogP contribution in [0.2, 0.25) is 0 Å². The molecule has 0 aliphatic carbocycles. The Labute approximate surface area is 129 Å². The molecular weight excluding hydrogens is 312 g/mol. The van der Waals surface area contributed by atoms with Gasteiger partial charge < -0.3 is 10.6 Å². The molecule has 0 radical (unpaired) electrons. The normalized spacial score (nSPS) is 12.2. The second kappa shape index (κ2) is 6.91. The summed E-state index contributed by atoms with van der Waals surface area (Å²) in [6.45, 7) is 3.00. The molecule has 0 spiro atoms. The Balaban J connectivity index is 2.05. The van der Waals surface area contributed by atoms with Crippen LogP contribution in [0.25, 0.3) is 0 Å². The van der Waals surface area contributed by atoms with Gasteiger partial charge in [0.05, 0.1) is 0 Å². The van der Waals surface area contributed by atoms with Crippen LogP contribution in [0.3, 0.4) is 0 Å². The van der Waals surface area contributed by atoms with Gasteiger partial charge in [-0.15, -0.1) is 0 Å². The molecule has 0 aliphatic heterocycles. The van der Waals surface area contributed by atoms with Crippen molar-refractivity contribution in [3.05, 3.63) is 64.1 Å². The van der Waals surface area contributed by atoms with Crippen molar-refractivity contribution >= 4 is 21.6 Å². The van der Waals surface area contributed by atoms with Crippen LogP contribution in [0.15, 0.2) is 53.0 Å². The van der Waals surface area contributed by atoms with Crippen LogP contribution in [-0.4, -0.2) is 7.05 Å². The highest BCUT2D eigenvalue weighted by Crippen LogP contribution is 2.20. The fraction of sp³-hybridized carbons (Fsp3) is 0.294. The van der Waals surface area contributed by atoms with Gasteiger partial charge in [-0.05, 0) is 41.8 Å². The summed E-state index contributed by atoms with van der Waals surface area (Å²) in [5, 5.41) is 0. The SMILES string of the molecule is CC[C@H](N)c1ccc(N(C)Cc2ccc(Br)cc2)cc1. The highest BCUT2D eigenvalue weighted by Gasteiger charge is 2.05. The molecule has 0 unspecified atom stereocenters. The molecule has 0 heterocycles. The molecule has 0 saturated carbocycles. The van der Waals surface area contributed by atoms with Gasteiger partial charge in [0.2, 0.25) is 0 Å². The van der Waals surface area contributed by atoms with Crippen molar-refractivity contribution in [3.63, 3.8) is 0 Å². The van der Waals surface area contributed by atoms with Crippen molar-refractivity contribution in [2.24, 2.45) is 5.73 Å². The molecule has 0 aromatic heterocycles. The Bertz CT molecular complexity index is 534. The molecule has 2 N–H and O–H groups in total. The van der Waals surface area contributed by atoms with Crippen molar-refractivity contribution in [2.75, 3.05) is 11.9 Å². The lowest BCUT2D eigenvalue weighted by atomic mass is 10.1. The van der Waals surface area contributed by atoms with Crippen LogP contribution in [0, 0.1) is 0 Å². The summed E-state index contributed by atoms with van der Waals surface area (Å²) in [5.74, 6) is 0. The third-order valence-electron chi connectivity index (χ3n) is 3.53. The fourth-order valence-electron chi connectivity index (χ4n) is 2.17. The first kappa shape index (κ1) is 15.1. The smallest absolute Gasteiger partial charge is 0.0426 e. The van der Waals surface area contributed by atoms with Crippen LogP contribution in [0.4, 0.5) is 5.69 Å². The van der Waals surface area contributed by atoms with Crippen molar-refractivity contribution in [1.29, 1.82) is 0 Å². The molecule has 0 aliphatic rings. The third kappa shape index (κ3) is 3.84. The molecule has 0 saturated heterocycles. The Morgan fingerprint density at radius 2 is 1.65 bits per heavy atom. The second-order valence-corrected chi connectivity index (χ2v) is 6.00. The predicted molar refractivity (Wildman–Crippen MR) is 89.9 cm³/mol. The molecular formula is C17H21BrN2. The van der Waals surface area contributed by atoms with Crippen molar-refractivity contribution in [3.8, 4) is 0 Å². The van der Waals surface area contributed by atoms with Gasteiger partial charge in [0, 0.05) is 29.8 Å². The molecule has 2 nitrogen and oxygen atoms in total. The molecule has 0 amide bonds. The van der Waals surface area contributed by atoms with Gasteiger partial charge in [-0.3, -0.25) is 0 Å². The van der Waals surface area contributed by atoms with E-state index in [-0.39, 0.29) is 6.04 Å². The van der Waals surface area contributed by atoms with Gasteiger partial charge in [-0.2, -0.15) is 0 Å². The minimum absolute atomic E-state index is 0.140. The van der Waals surface area contributed by atoms with E-state index in [1.807, 2.05) is 0 Å². The molecule has 0 fully saturated rings. The van der Waals surface area contributed by atoms with E-state index in [0.29, 0.717) is 0 Å². The summed E-state index contributed by atoms with van der Waals surface area (Å²) in [5.41, 5.74) is 9.75. The summed E-state index contributed by atoms with van der Waals surface area (Å²) in [6, 6.07) is 17.1. The molecule has 1 atom stereocenters. The highest BCUT2D eigenvalue weighted by atomic mass is 79.9. The lowest BCUT2D eigenvalue weighted by Crippen LogP contribution is -2.16. The molecule has 20 heavy (non-hydrogen) atoms. The van der Waals surface area contributed by atoms with Gasteiger partial charge in [0.1, 0.15) is 0 Å². The molecule has 106 valence electrons. The number of nitrogens with zero attached hydrogens (tertiary/aromatic N) is 1. The van der Waals surface area contributed by atoms with Crippen LogP contribution in [-0.2, 0) is 6.54 Å². The number of anilines is 1. The zero-order valence-electron chi connectivity index (χ0n) is 12.0. The monoisotopic (exact) mass is 332 g/mol. The predicted octanol–water partition coefficient (Wildman–Crippen LogP) is 4.50. The minimum atomic E-state index is 0.140. The van der Waals surface area contributed by atoms with Crippen LogP contribution >= 0.6 is 15.9 Å². The molecule has 0 bridgehead atoms. The number of rotatable bonds is 5. The van der Waals surface area contributed by atoms with Crippen molar-refractivity contribution in [1.82, 2.24) is 0 Å². The van der Waals surface area contributed by atoms with Gasteiger partial charge >= 0.3 is 0 Å². The fourth-order valence-corrected chi connectivity index (χ4v) is 2.43. The van der Waals surface area contributed by atoms with Crippen LogP contribution in [0.5, 0.6) is 0 Å². The van der Waals surface area contributed by atoms with E-state index < -0.39 is 0 Å². The standard InChI is InChI=1S/C17H21BrN2/c1-3-17(19)14-6-10-16(11-7-14)20(2)12-13-4-8-15(18)9-5-13/h4-11,17H,3,12,19H2,1-2H3/t17-/m0/s1. The summed E-state index contributed by atoms with van der Waals surface area (Å²) in [7, 11) is 2.11. The largest absolute Gasteiger partial charge is 0.370 e. The summed E-state index contributed by atoms with van der Waals surface area (Å²) < 4.78 is 1.11. The maximum atomic E-state index is 6.04. The summed E-state index contributed by atoms with van der Waals surface area (Å²) in [4.78, 5) is 2.24. The zero-order chi connectivity index (χ0) is 14.5. The lowest BCUT2D eigenvalue weighted by molar-refractivity contribution is 0.698. The topological polar surface area (TPSA) is 29.3 Å². The van der Waals surface area contributed by atoms with Crippen molar-refractivity contribution < 1.29 is 0 Å². The van der Waals surface area contributed by atoms with E-state index in [4.69, 9.17) is 5.73 Å². The second-order valence-electron chi connectivity index (χ2n) is 5.09. The number of halogens is 1. The first-order chi connectivity index (χ1) is 9.60. The number of hydrogen-bond donors (Lipinski definition) is 1. The molecule has 2 aromatic rings. The average Bonchev–Trinajstić information content (AvgIpc) is 2.49. The van der Waals surface area contributed by atoms with Crippen LogP contribution < -0.4 is 10.6 Å². The minimum Gasteiger partial charge on any atom is -0.370 e. The van der Waals surface area contributed by atoms with E-state index in [1.165, 1.54) is 16.8 Å². The van der Waals surface area contributed by atoms with Crippen molar-refractivity contribution in [2.45, 2.75) is 25.9 Å². The number of nitrogens with two attached hydrogens (primary N) is 1. The zero-order valence-corrected chi connectivity index (χ0v) is 13.6. The van der Waals surface area contributed by atoms with Gasteiger partial charge in [0.25, 0.3) is 0 Å². The van der Waals surface area contributed by atoms with E-state index in [9.17, 15) is 0 Å².